The molecule has 0 aromatic heterocycles. The van der Waals surface area contributed by atoms with E-state index in [1.165, 1.54) is 0 Å². The van der Waals surface area contributed by atoms with Crippen molar-refractivity contribution < 1.29 is 9.84 Å². The third kappa shape index (κ3) is 3.82. The average Bonchev–Trinajstić information content (AvgIpc) is 2.38. The zero-order valence-electron chi connectivity index (χ0n) is 11.1. The van der Waals surface area contributed by atoms with Crippen LogP contribution in [0, 0.1) is 6.92 Å². The Labute approximate surface area is 122 Å². The van der Waals surface area contributed by atoms with Gasteiger partial charge in [-0.1, -0.05) is 40.2 Å². The number of halogens is 1. The van der Waals surface area contributed by atoms with Crippen LogP contribution in [0.2, 0.25) is 0 Å². The van der Waals surface area contributed by atoms with Crippen LogP contribution >= 0.6 is 15.9 Å². The van der Waals surface area contributed by atoms with Crippen LogP contribution in [0.4, 0.5) is 0 Å². The summed E-state index contributed by atoms with van der Waals surface area (Å²) in [7, 11) is 0. The van der Waals surface area contributed by atoms with Crippen molar-refractivity contribution in [2.75, 3.05) is 0 Å². The molecule has 2 nitrogen and oxygen atoms in total. The van der Waals surface area contributed by atoms with E-state index in [9.17, 15) is 5.11 Å². The van der Waals surface area contributed by atoms with Gasteiger partial charge in [-0.2, -0.15) is 0 Å². The lowest BCUT2D eigenvalue weighted by Crippen LogP contribution is -2.01. The first-order chi connectivity index (χ1) is 9.06. The smallest absolute Gasteiger partial charge is 0.125 e. The summed E-state index contributed by atoms with van der Waals surface area (Å²) < 4.78 is 6.88. The van der Waals surface area contributed by atoms with Gasteiger partial charge in [0.15, 0.2) is 0 Å². The molecular weight excluding hydrogens is 304 g/mol. The Bertz CT molecular complexity index is 547. The van der Waals surface area contributed by atoms with E-state index in [-0.39, 0.29) is 0 Å². The molecule has 2 aromatic rings. The van der Waals surface area contributed by atoms with E-state index in [0.717, 1.165) is 26.9 Å². The molecule has 100 valence electrons. The lowest BCUT2D eigenvalue weighted by molar-refractivity contribution is 0.190. The third-order valence-corrected chi connectivity index (χ3v) is 3.46. The molecule has 0 saturated carbocycles. The molecule has 0 heterocycles. The molecule has 0 unspecified atom stereocenters. The summed E-state index contributed by atoms with van der Waals surface area (Å²) in [5, 5.41) is 9.74. The summed E-state index contributed by atoms with van der Waals surface area (Å²) >= 11 is 3.41. The molecule has 0 saturated heterocycles. The lowest BCUT2D eigenvalue weighted by atomic mass is 10.1. The van der Waals surface area contributed by atoms with Gasteiger partial charge in [-0.3, -0.25) is 0 Å². The maximum absolute atomic E-state index is 9.74. The SMILES string of the molecule is Cc1ccc([C@@H](C)O)c(OCc2ccc(Br)cc2)c1. The van der Waals surface area contributed by atoms with Gasteiger partial charge in [-0.05, 0) is 43.2 Å². The normalized spacial score (nSPS) is 12.2. The van der Waals surface area contributed by atoms with Crippen molar-refractivity contribution in [3.05, 3.63) is 63.6 Å². The van der Waals surface area contributed by atoms with Gasteiger partial charge in [0.2, 0.25) is 0 Å². The molecule has 0 bridgehead atoms. The van der Waals surface area contributed by atoms with Gasteiger partial charge in [0.05, 0.1) is 6.10 Å². The van der Waals surface area contributed by atoms with E-state index in [0.29, 0.717) is 6.61 Å². The van der Waals surface area contributed by atoms with Gasteiger partial charge in [-0.25, -0.2) is 0 Å². The first-order valence-electron chi connectivity index (χ1n) is 6.22. The molecule has 3 heteroatoms. The molecule has 1 N–H and O–H groups in total. The summed E-state index contributed by atoms with van der Waals surface area (Å²) in [6, 6.07) is 13.9. The minimum atomic E-state index is -0.527. The minimum absolute atomic E-state index is 0.496. The van der Waals surface area contributed by atoms with E-state index in [4.69, 9.17) is 4.74 Å². The zero-order chi connectivity index (χ0) is 13.8. The van der Waals surface area contributed by atoms with E-state index in [1.54, 1.807) is 6.92 Å². The number of hydrogen-bond acceptors (Lipinski definition) is 2. The second-order valence-electron chi connectivity index (χ2n) is 4.63. The van der Waals surface area contributed by atoms with Crippen molar-refractivity contribution in [1.29, 1.82) is 0 Å². The van der Waals surface area contributed by atoms with Crippen molar-refractivity contribution in [3.8, 4) is 5.75 Å². The van der Waals surface area contributed by atoms with Gasteiger partial charge < -0.3 is 9.84 Å². The van der Waals surface area contributed by atoms with Crippen molar-refractivity contribution in [2.45, 2.75) is 26.6 Å². The van der Waals surface area contributed by atoms with Gasteiger partial charge >= 0.3 is 0 Å². The number of aryl methyl sites for hydroxylation is 1. The predicted molar refractivity (Wildman–Crippen MR) is 80.3 cm³/mol. The Morgan fingerprint density at radius 3 is 2.47 bits per heavy atom. The first-order valence-corrected chi connectivity index (χ1v) is 7.01. The van der Waals surface area contributed by atoms with Crippen LogP contribution in [0.3, 0.4) is 0 Å². The molecule has 0 aliphatic carbocycles. The number of aliphatic hydroxyl groups excluding tert-OH is 1. The van der Waals surface area contributed by atoms with Crippen LogP contribution < -0.4 is 4.74 Å². The second kappa shape index (κ2) is 6.22. The number of ether oxygens (including phenoxy) is 1. The quantitative estimate of drug-likeness (QED) is 0.905. The number of aliphatic hydroxyl groups is 1. The molecule has 2 rings (SSSR count). The van der Waals surface area contributed by atoms with E-state index >= 15 is 0 Å². The summed E-state index contributed by atoms with van der Waals surface area (Å²) in [6.45, 7) is 4.26. The maximum Gasteiger partial charge on any atom is 0.125 e. The predicted octanol–water partition coefficient (Wildman–Crippen LogP) is 4.39. The van der Waals surface area contributed by atoms with Crippen LogP contribution in [0.5, 0.6) is 5.75 Å². The molecule has 0 amide bonds. The highest BCUT2D eigenvalue weighted by Crippen LogP contribution is 2.27. The summed E-state index contributed by atoms with van der Waals surface area (Å²) in [4.78, 5) is 0. The monoisotopic (exact) mass is 320 g/mol. The molecule has 0 aliphatic rings. The number of hydrogen-bond donors (Lipinski definition) is 1. The maximum atomic E-state index is 9.74. The van der Waals surface area contributed by atoms with E-state index in [1.807, 2.05) is 49.4 Å². The zero-order valence-corrected chi connectivity index (χ0v) is 12.6. The highest BCUT2D eigenvalue weighted by Gasteiger charge is 2.09. The molecular formula is C16H17BrO2. The van der Waals surface area contributed by atoms with Gasteiger partial charge in [0.25, 0.3) is 0 Å². The highest BCUT2D eigenvalue weighted by molar-refractivity contribution is 9.10. The average molecular weight is 321 g/mol. The summed E-state index contributed by atoms with van der Waals surface area (Å²) in [5.74, 6) is 0.748. The van der Waals surface area contributed by atoms with E-state index < -0.39 is 6.10 Å². The summed E-state index contributed by atoms with van der Waals surface area (Å²) in [5.41, 5.74) is 3.04. The molecule has 19 heavy (non-hydrogen) atoms. The van der Waals surface area contributed by atoms with Gasteiger partial charge in [0, 0.05) is 10.0 Å². The van der Waals surface area contributed by atoms with Crippen molar-refractivity contribution in [1.82, 2.24) is 0 Å². The lowest BCUT2D eigenvalue weighted by Gasteiger charge is -2.14. The first kappa shape index (κ1) is 14.1. The topological polar surface area (TPSA) is 29.5 Å². The Hall–Kier alpha value is -1.32. The van der Waals surface area contributed by atoms with Crippen LogP contribution in [0.15, 0.2) is 46.9 Å². The highest BCUT2D eigenvalue weighted by atomic mass is 79.9. The van der Waals surface area contributed by atoms with Crippen LogP contribution in [-0.2, 0) is 6.61 Å². The molecule has 0 radical (unpaired) electrons. The molecule has 1 atom stereocenters. The number of benzene rings is 2. The second-order valence-corrected chi connectivity index (χ2v) is 5.55. The fraction of sp³-hybridized carbons (Fsp3) is 0.250. The standard InChI is InChI=1S/C16H17BrO2/c1-11-3-8-15(12(2)18)16(9-11)19-10-13-4-6-14(17)7-5-13/h3-9,12,18H,10H2,1-2H3/t12-/m1/s1. The van der Waals surface area contributed by atoms with Crippen LogP contribution in [-0.4, -0.2) is 5.11 Å². The molecule has 0 spiro atoms. The molecule has 2 aromatic carbocycles. The Morgan fingerprint density at radius 1 is 1.16 bits per heavy atom. The van der Waals surface area contributed by atoms with Crippen molar-refractivity contribution in [2.24, 2.45) is 0 Å². The van der Waals surface area contributed by atoms with Crippen molar-refractivity contribution in [3.63, 3.8) is 0 Å². The van der Waals surface area contributed by atoms with Gasteiger partial charge in [-0.15, -0.1) is 0 Å². The third-order valence-electron chi connectivity index (χ3n) is 2.93. The fourth-order valence-corrected chi connectivity index (χ4v) is 2.12. The Balaban J connectivity index is 2.14. The molecule has 0 fully saturated rings. The largest absolute Gasteiger partial charge is 0.489 e. The summed E-state index contributed by atoms with van der Waals surface area (Å²) in [6.07, 6.45) is -0.527. The Kier molecular flexibility index (Phi) is 4.61. The Morgan fingerprint density at radius 2 is 1.84 bits per heavy atom. The minimum Gasteiger partial charge on any atom is -0.489 e. The van der Waals surface area contributed by atoms with Gasteiger partial charge in [0.1, 0.15) is 12.4 Å². The van der Waals surface area contributed by atoms with Crippen LogP contribution in [0.25, 0.3) is 0 Å². The van der Waals surface area contributed by atoms with Crippen LogP contribution in [0.1, 0.15) is 29.7 Å². The van der Waals surface area contributed by atoms with E-state index in [2.05, 4.69) is 15.9 Å². The molecule has 0 aliphatic heterocycles. The van der Waals surface area contributed by atoms with Crippen molar-refractivity contribution >= 4 is 15.9 Å². The fourth-order valence-electron chi connectivity index (χ4n) is 1.85. The number of rotatable bonds is 4.